The molecule has 0 radical (unpaired) electrons. The fourth-order valence-corrected chi connectivity index (χ4v) is 1.77. The number of nitrogens with zero attached hydrogens (tertiary/aromatic N) is 2. The first-order valence-corrected chi connectivity index (χ1v) is 5.79. The van der Waals surface area contributed by atoms with E-state index in [-0.39, 0.29) is 0 Å². The summed E-state index contributed by atoms with van der Waals surface area (Å²) in [4.78, 5) is 4.27. The maximum absolute atomic E-state index is 4.27. The molecule has 4 heteroatoms. The third-order valence-electron chi connectivity index (χ3n) is 2.88. The molecule has 0 saturated carbocycles. The minimum absolute atomic E-state index is 0.831. The first kappa shape index (κ1) is 11.8. The Kier molecular flexibility index (Phi) is 3.54. The number of aromatic nitrogens is 3. The van der Waals surface area contributed by atoms with E-state index in [1.165, 1.54) is 11.1 Å². The first-order chi connectivity index (χ1) is 8.16. The molecule has 4 nitrogen and oxygen atoms in total. The van der Waals surface area contributed by atoms with Crippen LogP contribution in [0.15, 0.2) is 18.3 Å². The van der Waals surface area contributed by atoms with E-state index in [1.807, 2.05) is 33.0 Å². The highest BCUT2D eigenvalue weighted by Gasteiger charge is 2.05. The lowest BCUT2D eigenvalue weighted by molar-refractivity contribution is 0.686. The molecule has 2 aromatic heterocycles. The summed E-state index contributed by atoms with van der Waals surface area (Å²) in [6, 6.07) is 4.13. The molecule has 0 fully saturated rings. The van der Waals surface area contributed by atoms with E-state index in [0.717, 1.165) is 30.2 Å². The number of nitrogens with one attached hydrogen (secondary N) is 2. The average molecular weight is 230 g/mol. The van der Waals surface area contributed by atoms with Crippen molar-refractivity contribution in [3.8, 4) is 0 Å². The van der Waals surface area contributed by atoms with Gasteiger partial charge in [0.25, 0.3) is 0 Å². The summed E-state index contributed by atoms with van der Waals surface area (Å²) in [6.07, 6.45) is 1.91. The van der Waals surface area contributed by atoms with Gasteiger partial charge in [-0.1, -0.05) is 6.07 Å². The molecule has 0 spiro atoms. The summed E-state index contributed by atoms with van der Waals surface area (Å²) in [5.74, 6) is 0. The van der Waals surface area contributed by atoms with E-state index < -0.39 is 0 Å². The van der Waals surface area contributed by atoms with Crippen LogP contribution < -0.4 is 5.32 Å². The van der Waals surface area contributed by atoms with Gasteiger partial charge in [0.15, 0.2) is 0 Å². The van der Waals surface area contributed by atoms with E-state index in [1.54, 1.807) is 0 Å². The maximum atomic E-state index is 4.27. The largest absolute Gasteiger partial charge is 0.308 e. The van der Waals surface area contributed by atoms with E-state index in [9.17, 15) is 0 Å². The van der Waals surface area contributed by atoms with E-state index in [2.05, 4.69) is 26.6 Å². The van der Waals surface area contributed by atoms with E-state index in [0.29, 0.717) is 0 Å². The molecule has 0 aliphatic heterocycles. The van der Waals surface area contributed by atoms with E-state index >= 15 is 0 Å². The second kappa shape index (κ2) is 5.10. The summed E-state index contributed by atoms with van der Waals surface area (Å²) in [7, 11) is 0. The van der Waals surface area contributed by atoms with Gasteiger partial charge in [0.2, 0.25) is 0 Å². The minimum Gasteiger partial charge on any atom is -0.308 e. The number of H-pyrrole nitrogens is 1. The number of rotatable bonds is 4. The number of aryl methyl sites for hydroxylation is 3. The average Bonchev–Trinajstić information content (AvgIpc) is 2.63. The van der Waals surface area contributed by atoms with Crippen molar-refractivity contribution in [1.29, 1.82) is 0 Å². The van der Waals surface area contributed by atoms with Crippen LogP contribution in [0.1, 0.15) is 28.2 Å². The van der Waals surface area contributed by atoms with Gasteiger partial charge in [-0.15, -0.1) is 0 Å². The molecular weight excluding hydrogens is 212 g/mol. The molecule has 90 valence electrons. The Morgan fingerprint density at radius 1 is 1.18 bits per heavy atom. The SMILES string of the molecule is Cc1ccc(CNCc2c(C)n[nH]c2C)cn1. The normalized spacial score (nSPS) is 10.8. The van der Waals surface area contributed by atoms with Crippen molar-refractivity contribution < 1.29 is 0 Å². The van der Waals surface area contributed by atoms with Crippen molar-refractivity contribution in [2.75, 3.05) is 0 Å². The number of pyridine rings is 1. The van der Waals surface area contributed by atoms with Crippen LogP contribution in [-0.2, 0) is 13.1 Å². The molecule has 0 amide bonds. The van der Waals surface area contributed by atoms with Crippen LogP contribution in [0.3, 0.4) is 0 Å². The minimum atomic E-state index is 0.831. The quantitative estimate of drug-likeness (QED) is 0.845. The van der Waals surface area contributed by atoms with Gasteiger partial charge in [-0.2, -0.15) is 5.10 Å². The Hall–Kier alpha value is -1.68. The van der Waals surface area contributed by atoms with Gasteiger partial charge in [0.05, 0.1) is 5.69 Å². The molecule has 0 saturated heterocycles. The molecule has 0 aromatic carbocycles. The van der Waals surface area contributed by atoms with Gasteiger partial charge in [-0.05, 0) is 32.4 Å². The summed E-state index contributed by atoms with van der Waals surface area (Å²) >= 11 is 0. The Labute approximate surface area is 101 Å². The Morgan fingerprint density at radius 2 is 2.00 bits per heavy atom. The van der Waals surface area contributed by atoms with Crippen LogP contribution in [0.25, 0.3) is 0 Å². The van der Waals surface area contributed by atoms with Crippen LogP contribution >= 0.6 is 0 Å². The number of hydrogen-bond acceptors (Lipinski definition) is 3. The third-order valence-corrected chi connectivity index (χ3v) is 2.88. The van der Waals surface area contributed by atoms with Crippen LogP contribution in [-0.4, -0.2) is 15.2 Å². The van der Waals surface area contributed by atoms with Gasteiger partial charge in [0.1, 0.15) is 0 Å². The third kappa shape index (κ3) is 2.91. The van der Waals surface area contributed by atoms with Crippen molar-refractivity contribution in [3.63, 3.8) is 0 Å². The topological polar surface area (TPSA) is 53.6 Å². The Bertz CT molecular complexity index is 465. The molecule has 0 aliphatic carbocycles. The van der Waals surface area contributed by atoms with E-state index in [4.69, 9.17) is 0 Å². The second-order valence-corrected chi connectivity index (χ2v) is 4.32. The molecule has 2 rings (SSSR count). The molecule has 0 bridgehead atoms. The maximum Gasteiger partial charge on any atom is 0.0638 e. The van der Waals surface area contributed by atoms with Gasteiger partial charge in [0, 0.05) is 36.2 Å². The molecule has 17 heavy (non-hydrogen) atoms. The predicted molar refractivity (Wildman–Crippen MR) is 67.6 cm³/mol. The monoisotopic (exact) mass is 230 g/mol. The lowest BCUT2D eigenvalue weighted by Crippen LogP contribution is -2.13. The summed E-state index contributed by atoms with van der Waals surface area (Å²) < 4.78 is 0. The molecule has 2 heterocycles. The zero-order valence-electron chi connectivity index (χ0n) is 10.5. The smallest absolute Gasteiger partial charge is 0.0638 e. The van der Waals surface area contributed by atoms with Crippen molar-refractivity contribution in [3.05, 3.63) is 46.5 Å². The van der Waals surface area contributed by atoms with Gasteiger partial charge in [-0.25, -0.2) is 0 Å². The Morgan fingerprint density at radius 3 is 2.59 bits per heavy atom. The van der Waals surface area contributed by atoms with Crippen molar-refractivity contribution in [2.24, 2.45) is 0 Å². The highest BCUT2D eigenvalue weighted by Crippen LogP contribution is 2.08. The Balaban J connectivity index is 1.90. The fourth-order valence-electron chi connectivity index (χ4n) is 1.77. The zero-order valence-corrected chi connectivity index (χ0v) is 10.5. The summed E-state index contributed by atoms with van der Waals surface area (Å²) in [5, 5.41) is 10.6. The molecule has 0 atom stereocenters. The highest BCUT2D eigenvalue weighted by atomic mass is 15.1. The van der Waals surface area contributed by atoms with Gasteiger partial charge < -0.3 is 5.32 Å². The molecular formula is C13H18N4. The number of aromatic amines is 1. The zero-order chi connectivity index (χ0) is 12.3. The second-order valence-electron chi connectivity index (χ2n) is 4.32. The molecule has 0 unspecified atom stereocenters. The van der Waals surface area contributed by atoms with Crippen LogP contribution in [0.2, 0.25) is 0 Å². The first-order valence-electron chi connectivity index (χ1n) is 5.79. The van der Waals surface area contributed by atoms with Crippen molar-refractivity contribution in [2.45, 2.75) is 33.9 Å². The summed E-state index contributed by atoms with van der Waals surface area (Å²) in [5.41, 5.74) is 5.71. The lowest BCUT2D eigenvalue weighted by atomic mass is 10.2. The standard InChI is InChI=1S/C13H18N4/c1-9-4-5-12(7-15-9)6-14-8-13-10(2)16-17-11(13)3/h4-5,7,14H,6,8H2,1-3H3,(H,16,17). The van der Waals surface area contributed by atoms with Gasteiger partial charge in [-0.3, -0.25) is 10.1 Å². The van der Waals surface area contributed by atoms with Crippen LogP contribution in [0, 0.1) is 20.8 Å². The van der Waals surface area contributed by atoms with Crippen LogP contribution in [0.5, 0.6) is 0 Å². The van der Waals surface area contributed by atoms with Crippen molar-refractivity contribution in [1.82, 2.24) is 20.5 Å². The molecule has 0 aliphatic rings. The predicted octanol–water partition coefficient (Wildman–Crippen LogP) is 2.02. The molecule has 2 aromatic rings. The molecule has 2 N–H and O–H groups in total. The lowest BCUT2D eigenvalue weighted by Gasteiger charge is -2.05. The number of hydrogen-bond donors (Lipinski definition) is 2. The summed E-state index contributed by atoms with van der Waals surface area (Å²) in [6.45, 7) is 7.73. The fraction of sp³-hybridized carbons (Fsp3) is 0.385. The van der Waals surface area contributed by atoms with Crippen molar-refractivity contribution >= 4 is 0 Å². The van der Waals surface area contributed by atoms with Crippen LogP contribution in [0.4, 0.5) is 0 Å². The highest BCUT2D eigenvalue weighted by molar-refractivity contribution is 5.23. The van der Waals surface area contributed by atoms with Gasteiger partial charge >= 0.3 is 0 Å².